The monoisotopic (exact) mass is 286 g/mol. The minimum absolute atomic E-state index is 0.116. The highest BCUT2D eigenvalue weighted by molar-refractivity contribution is 6.30. The highest BCUT2D eigenvalue weighted by Crippen LogP contribution is 2.28. The third-order valence-electron chi connectivity index (χ3n) is 4.25. The molecule has 0 amide bonds. The number of nitrogens with zero attached hydrogens (tertiary/aromatic N) is 1. The van der Waals surface area contributed by atoms with Crippen LogP contribution in [-0.4, -0.2) is 30.6 Å². The Morgan fingerprint density at radius 1 is 1.32 bits per heavy atom. The number of halogens is 2. The van der Waals surface area contributed by atoms with E-state index >= 15 is 0 Å². The van der Waals surface area contributed by atoms with Crippen molar-refractivity contribution in [3.05, 3.63) is 34.6 Å². The van der Waals surface area contributed by atoms with E-state index in [0.29, 0.717) is 17.0 Å². The normalized spacial score (nSPS) is 13.9. The van der Waals surface area contributed by atoms with Crippen LogP contribution in [0.25, 0.3) is 0 Å². The second kappa shape index (κ2) is 6.69. The zero-order chi connectivity index (χ0) is 14.6. The van der Waals surface area contributed by atoms with Gasteiger partial charge in [0, 0.05) is 16.6 Å². The summed E-state index contributed by atoms with van der Waals surface area (Å²) < 4.78 is 13.8. The highest BCUT2D eigenvalue weighted by atomic mass is 35.5. The molecule has 0 aliphatic rings. The molecule has 1 rings (SSSR count). The van der Waals surface area contributed by atoms with Gasteiger partial charge in [-0.05, 0) is 57.1 Å². The Morgan fingerprint density at radius 3 is 2.37 bits per heavy atom. The van der Waals surface area contributed by atoms with Gasteiger partial charge in [0.15, 0.2) is 0 Å². The maximum absolute atomic E-state index is 13.8. The minimum Gasteiger partial charge on any atom is -0.326 e. The molecule has 1 atom stereocenters. The second-order valence-corrected chi connectivity index (χ2v) is 5.69. The summed E-state index contributed by atoms with van der Waals surface area (Å²) in [6.45, 7) is 4.25. The number of nitrogens with two attached hydrogens (primary N) is 1. The van der Waals surface area contributed by atoms with Crippen molar-refractivity contribution >= 4 is 11.6 Å². The molecule has 0 saturated carbocycles. The Labute approximate surface area is 120 Å². The lowest BCUT2D eigenvalue weighted by molar-refractivity contribution is 0.105. The first-order valence-electron chi connectivity index (χ1n) is 6.74. The summed E-state index contributed by atoms with van der Waals surface area (Å²) >= 11 is 5.93. The van der Waals surface area contributed by atoms with Crippen LogP contribution in [0.4, 0.5) is 4.39 Å². The number of benzene rings is 1. The summed E-state index contributed by atoms with van der Waals surface area (Å²) in [5.74, 6) is -0.236. The van der Waals surface area contributed by atoms with Gasteiger partial charge in [-0.25, -0.2) is 4.39 Å². The van der Waals surface area contributed by atoms with Gasteiger partial charge in [-0.2, -0.15) is 0 Å². The summed E-state index contributed by atoms with van der Waals surface area (Å²) in [5, 5.41) is 0.548. The van der Waals surface area contributed by atoms with Crippen molar-refractivity contribution in [3.63, 3.8) is 0 Å². The maximum Gasteiger partial charge on any atom is 0.126 e. The Morgan fingerprint density at radius 2 is 1.89 bits per heavy atom. The predicted molar refractivity (Wildman–Crippen MR) is 80.1 cm³/mol. The third-order valence-corrected chi connectivity index (χ3v) is 4.49. The lowest BCUT2D eigenvalue weighted by Crippen LogP contribution is -2.57. The van der Waals surface area contributed by atoms with E-state index in [9.17, 15) is 4.39 Å². The molecule has 1 unspecified atom stereocenters. The molecule has 0 saturated heterocycles. The second-order valence-electron chi connectivity index (χ2n) is 5.25. The third kappa shape index (κ3) is 3.47. The van der Waals surface area contributed by atoms with Crippen LogP contribution in [0.1, 0.15) is 32.3 Å². The van der Waals surface area contributed by atoms with Gasteiger partial charge >= 0.3 is 0 Å². The number of hydrogen-bond acceptors (Lipinski definition) is 2. The summed E-state index contributed by atoms with van der Waals surface area (Å²) in [4.78, 5) is 2.15. The first-order chi connectivity index (χ1) is 8.87. The molecule has 0 spiro atoms. The van der Waals surface area contributed by atoms with E-state index in [1.54, 1.807) is 12.1 Å². The van der Waals surface area contributed by atoms with Crippen molar-refractivity contribution in [1.29, 1.82) is 0 Å². The summed E-state index contributed by atoms with van der Waals surface area (Å²) in [6.07, 6.45) is 2.35. The van der Waals surface area contributed by atoms with Gasteiger partial charge in [-0.1, -0.05) is 25.4 Å². The molecule has 2 nitrogen and oxygen atoms in total. The molecule has 4 heteroatoms. The Bertz CT molecular complexity index is 417. The fraction of sp³-hybridized carbons (Fsp3) is 0.600. The first-order valence-corrected chi connectivity index (χ1v) is 7.12. The first kappa shape index (κ1) is 16.4. The van der Waals surface area contributed by atoms with E-state index in [2.05, 4.69) is 18.7 Å². The van der Waals surface area contributed by atoms with Crippen molar-refractivity contribution in [1.82, 2.24) is 4.90 Å². The van der Waals surface area contributed by atoms with Crippen LogP contribution in [-0.2, 0) is 6.42 Å². The van der Waals surface area contributed by atoms with E-state index in [-0.39, 0.29) is 17.4 Å². The molecular formula is C15H24ClFN2. The number of hydrogen-bond donors (Lipinski definition) is 1. The summed E-state index contributed by atoms with van der Waals surface area (Å²) in [7, 11) is 4.06. The van der Waals surface area contributed by atoms with Gasteiger partial charge in [0.05, 0.1) is 0 Å². The van der Waals surface area contributed by atoms with E-state index in [1.807, 2.05) is 14.1 Å². The molecule has 19 heavy (non-hydrogen) atoms. The molecule has 0 heterocycles. The largest absolute Gasteiger partial charge is 0.326 e. The molecule has 108 valence electrons. The Hall–Kier alpha value is -0.640. The SMILES string of the molecule is CCC(CC)(C(N)Cc1cc(Cl)ccc1F)N(C)C. The lowest BCUT2D eigenvalue weighted by atomic mass is 9.80. The molecular weight excluding hydrogens is 263 g/mol. The van der Waals surface area contributed by atoms with Crippen LogP contribution < -0.4 is 5.73 Å². The fourth-order valence-corrected chi connectivity index (χ4v) is 3.06. The van der Waals surface area contributed by atoms with Crippen molar-refractivity contribution in [2.75, 3.05) is 14.1 Å². The van der Waals surface area contributed by atoms with Crippen LogP contribution >= 0.6 is 11.6 Å². The van der Waals surface area contributed by atoms with Crippen LogP contribution in [0.2, 0.25) is 5.02 Å². The van der Waals surface area contributed by atoms with Gasteiger partial charge < -0.3 is 10.6 Å². The van der Waals surface area contributed by atoms with Gasteiger partial charge in [-0.15, -0.1) is 0 Å². The van der Waals surface area contributed by atoms with Gasteiger partial charge in [0.2, 0.25) is 0 Å². The molecule has 0 fully saturated rings. The van der Waals surface area contributed by atoms with Gasteiger partial charge in [0.1, 0.15) is 5.82 Å². The molecule has 1 aromatic rings. The number of rotatable bonds is 6. The fourth-order valence-electron chi connectivity index (χ4n) is 2.87. The average molecular weight is 287 g/mol. The quantitative estimate of drug-likeness (QED) is 0.868. The maximum atomic E-state index is 13.8. The van der Waals surface area contributed by atoms with Gasteiger partial charge in [-0.3, -0.25) is 0 Å². The van der Waals surface area contributed by atoms with Crippen LogP contribution in [0.3, 0.4) is 0 Å². The van der Waals surface area contributed by atoms with Crippen LogP contribution in [0, 0.1) is 5.82 Å². The van der Waals surface area contributed by atoms with Gasteiger partial charge in [0.25, 0.3) is 0 Å². The van der Waals surface area contributed by atoms with E-state index in [0.717, 1.165) is 12.8 Å². The van der Waals surface area contributed by atoms with Crippen molar-refractivity contribution in [2.24, 2.45) is 5.73 Å². The van der Waals surface area contributed by atoms with E-state index < -0.39 is 0 Å². The zero-order valence-electron chi connectivity index (χ0n) is 12.2. The van der Waals surface area contributed by atoms with Crippen molar-refractivity contribution in [3.8, 4) is 0 Å². The Balaban J connectivity index is 2.99. The molecule has 0 aliphatic carbocycles. The zero-order valence-corrected chi connectivity index (χ0v) is 13.0. The lowest BCUT2D eigenvalue weighted by Gasteiger charge is -2.43. The average Bonchev–Trinajstić information content (AvgIpc) is 2.35. The van der Waals surface area contributed by atoms with Crippen LogP contribution in [0.5, 0.6) is 0 Å². The molecule has 0 bridgehead atoms. The van der Waals surface area contributed by atoms with Crippen molar-refractivity contribution < 1.29 is 4.39 Å². The minimum atomic E-state index is -0.236. The Kier molecular flexibility index (Phi) is 5.78. The standard InChI is InChI=1S/C15H24ClFN2/c1-5-15(6-2,19(3)4)14(18)10-11-9-12(16)7-8-13(11)17/h7-9,14H,5-6,10,18H2,1-4H3. The smallest absolute Gasteiger partial charge is 0.126 e. The summed E-state index contributed by atoms with van der Waals surface area (Å²) in [5.41, 5.74) is 6.85. The van der Waals surface area contributed by atoms with Crippen LogP contribution in [0.15, 0.2) is 18.2 Å². The molecule has 0 aliphatic heterocycles. The van der Waals surface area contributed by atoms with Crippen molar-refractivity contribution in [2.45, 2.75) is 44.7 Å². The highest BCUT2D eigenvalue weighted by Gasteiger charge is 2.35. The van der Waals surface area contributed by atoms with E-state index in [1.165, 1.54) is 6.07 Å². The summed E-state index contributed by atoms with van der Waals surface area (Å²) in [6, 6.07) is 4.50. The molecule has 2 N–H and O–H groups in total. The number of likely N-dealkylation sites (N-methyl/N-ethyl adjacent to an activating group) is 1. The van der Waals surface area contributed by atoms with E-state index in [4.69, 9.17) is 17.3 Å². The molecule has 0 aromatic heterocycles. The molecule has 1 aromatic carbocycles. The molecule has 0 radical (unpaired) electrons. The topological polar surface area (TPSA) is 29.3 Å². The predicted octanol–water partition coefficient (Wildman–Crippen LogP) is 3.47.